The quantitative estimate of drug-likeness (QED) is 0.661. The van der Waals surface area contributed by atoms with Crippen molar-refractivity contribution in [2.45, 2.75) is 17.4 Å². The number of hydrogen-bond acceptors (Lipinski definition) is 6. The molecular weight excluding hydrogens is 316 g/mol. The van der Waals surface area contributed by atoms with Crippen molar-refractivity contribution < 1.29 is 19.4 Å². The van der Waals surface area contributed by atoms with Crippen LogP contribution in [0.5, 0.6) is 11.5 Å². The highest BCUT2D eigenvalue weighted by Gasteiger charge is 2.24. The number of benzene rings is 1. The highest BCUT2D eigenvalue weighted by Crippen LogP contribution is 2.34. The molecule has 0 radical (unpaired) electrons. The van der Waals surface area contributed by atoms with Gasteiger partial charge in [0.2, 0.25) is 5.91 Å². The lowest BCUT2D eigenvalue weighted by Gasteiger charge is -2.18. The number of nitrogens with one attached hydrogen (secondary N) is 2. The van der Waals surface area contributed by atoms with Crippen LogP contribution in [0.15, 0.2) is 23.1 Å². The summed E-state index contributed by atoms with van der Waals surface area (Å²) in [5, 5.41) is 15.7. The Morgan fingerprint density at radius 1 is 1.30 bits per heavy atom. The number of ether oxygens (including phenoxy) is 2. The number of β-amino-alcohol motifs (C(OH)–C–C–N with tert-alkyl or cyclic N) is 1. The minimum atomic E-state index is -0.359. The lowest BCUT2D eigenvalue weighted by Crippen LogP contribution is -2.34. The summed E-state index contributed by atoms with van der Waals surface area (Å²) in [6.07, 6.45) is 0.0948. The first-order chi connectivity index (χ1) is 11.2. The number of thioether (sulfide) groups is 1. The Morgan fingerprint density at radius 2 is 2.13 bits per heavy atom. The number of carbonyl (C=O) groups is 1. The summed E-state index contributed by atoms with van der Waals surface area (Å²) in [4.78, 5) is 12.9. The first kappa shape index (κ1) is 16.4. The fourth-order valence-corrected chi connectivity index (χ4v) is 3.51. The topological polar surface area (TPSA) is 79.8 Å². The standard InChI is InChI=1S/C16H22N2O4S/c19-13-10-17-8-11(13)9-18-16(20)3-6-23-12-1-2-14-15(7-12)22-5-4-21-14/h1-2,7,11,13,17,19H,3-6,8-10H2,(H,18,20). The molecule has 0 aromatic heterocycles. The molecular formula is C16H22N2O4S. The Labute approximate surface area is 139 Å². The number of rotatable bonds is 6. The molecule has 2 atom stereocenters. The molecule has 1 fully saturated rings. The molecule has 0 spiro atoms. The van der Waals surface area contributed by atoms with Gasteiger partial charge in [0.1, 0.15) is 13.2 Å². The van der Waals surface area contributed by atoms with E-state index in [-0.39, 0.29) is 17.9 Å². The molecule has 126 valence electrons. The Morgan fingerprint density at radius 3 is 2.91 bits per heavy atom. The van der Waals surface area contributed by atoms with Crippen LogP contribution in [0.3, 0.4) is 0 Å². The molecule has 2 heterocycles. The molecule has 0 bridgehead atoms. The Bertz CT molecular complexity index is 555. The molecule has 1 aromatic rings. The number of amides is 1. The smallest absolute Gasteiger partial charge is 0.220 e. The molecule has 2 aliphatic rings. The normalized spacial score (nSPS) is 22.8. The van der Waals surface area contributed by atoms with Crippen molar-refractivity contribution in [3.8, 4) is 11.5 Å². The third kappa shape index (κ3) is 4.53. The van der Waals surface area contributed by atoms with E-state index in [0.29, 0.717) is 38.5 Å². The second-order valence-electron chi connectivity index (χ2n) is 5.69. The number of fused-ring (bicyclic) bond motifs is 1. The highest BCUT2D eigenvalue weighted by molar-refractivity contribution is 7.99. The zero-order chi connectivity index (χ0) is 16.1. The maximum atomic E-state index is 11.9. The van der Waals surface area contributed by atoms with Gasteiger partial charge < -0.3 is 25.2 Å². The number of hydrogen-bond donors (Lipinski definition) is 3. The van der Waals surface area contributed by atoms with E-state index in [1.54, 1.807) is 11.8 Å². The Kier molecular flexibility index (Phi) is 5.64. The van der Waals surface area contributed by atoms with Crippen molar-refractivity contribution in [2.75, 3.05) is 38.6 Å². The summed E-state index contributed by atoms with van der Waals surface area (Å²) in [5.74, 6) is 2.39. The van der Waals surface area contributed by atoms with Gasteiger partial charge in [-0.25, -0.2) is 0 Å². The molecule has 0 aliphatic carbocycles. The van der Waals surface area contributed by atoms with Gasteiger partial charge >= 0.3 is 0 Å². The monoisotopic (exact) mass is 338 g/mol. The number of aliphatic hydroxyl groups is 1. The fourth-order valence-electron chi connectivity index (χ4n) is 2.64. The van der Waals surface area contributed by atoms with Crippen LogP contribution in [0.4, 0.5) is 0 Å². The minimum absolute atomic E-state index is 0.0224. The largest absolute Gasteiger partial charge is 0.486 e. The van der Waals surface area contributed by atoms with Gasteiger partial charge in [-0.1, -0.05) is 0 Å². The second kappa shape index (κ2) is 7.90. The van der Waals surface area contributed by atoms with Crippen molar-refractivity contribution in [3.05, 3.63) is 18.2 Å². The van der Waals surface area contributed by atoms with Crippen LogP contribution in [-0.2, 0) is 4.79 Å². The SMILES string of the molecule is O=C(CCSc1ccc2c(c1)OCCO2)NCC1CNCC1O. The van der Waals surface area contributed by atoms with Crippen molar-refractivity contribution in [2.24, 2.45) is 5.92 Å². The lowest BCUT2D eigenvalue weighted by molar-refractivity contribution is -0.120. The van der Waals surface area contributed by atoms with Crippen LogP contribution in [0.25, 0.3) is 0 Å². The van der Waals surface area contributed by atoms with E-state index in [0.717, 1.165) is 22.9 Å². The average Bonchev–Trinajstić information content (AvgIpc) is 2.98. The van der Waals surface area contributed by atoms with E-state index in [2.05, 4.69) is 10.6 Å². The second-order valence-corrected chi connectivity index (χ2v) is 6.86. The first-order valence-corrected chi connectivity index (χ1v) is 8.89. The Balaban J connectivity index is 1.38. The van der Waals surface area contributed by atoms with Gasteiger partial charge in [-0.05, 0) is 18.2 Å². The van der Waals surface area contributed by atoms with E-state index in [1.807, 2.05) is 18.2 Å². The van der Waals surface area contributed by atoms with Crippen LogP contribution < -0.4 is 20.1 Å². The van der Waals surface area contributed by atoms with E-state index in [1.165, 1.54) is 0 Å². The molecule has 23 heavy (non-hydrogen) atoms. The third-order valence-electron chi connectivity index (χ3n) is 3.98. The van der Waals surface area contributed by atoms with E-state index >= 15 is 0 Å². The summed E-state index contributed by atoms with van der Waals surface area (Å²) < 4.78 is 11.0. The molecule has 3 N–H and O–H groups in total. The van der Waals surface area contributed by atoms with E-state index in [9.17, 15) is 9.90 Å². The predicted octanol–water partition coefficient (Wildman–Crippen LogP) is 0.636. The maximum Gasteiger partial charge on any atom is 0.220 e. The van der Waals surface area contributed by atoms with Crippen LogP contribution in [0.2, 0.25) is 0 Å². The molecule has 6 nitrogen and oxygen atoms in total. The lowest BCUT2D eigenvalue weighted by atomic mass is 10.1. The van der Waals surface area contributed by atoms with Crippen LogP contribution >= 0.6 is 11.8 Å². The summed E-state index contributed by atoms with van der Waals surface area (Å²) >= 11 is 1.62. The molecule has 2 aliphatic heterocycles. The van der Waals surface area contributed by atoms with Gasteiger partial charge in [-0.3, -0.25) is 4.79 Å². The highest BCUT2D eigenvalue weighted by atomic mass is 32.2. The van der Waals surface area contributed by atoms with Crippen molar-refractivity contribution in [3.63, 3.8) is 0 Å². The van der Waals surface area contributed by atoms with Gasteiger partial charge in [0.15, 0.2) is 11.5 Å². The molecule has 0 saturated carbocycles. The molecule has 2 unspecified atom stereocenters. The van der Waals surface area contributed by atoms with Gasteiger partial charge in [0.05, 0.1) is 6.10 Å². The fraction of sp³-hybridized carbons (Fsp3) is 0.562. The van der Waals surface area contributed by atoms with Crippen molar-refractivity contribution in [1.29, 1.82) is 0 Å². The Hall–Kier alpha value is -1.44. The number of carbonyl (C=O) groups excluding carboxylic acids is 1. The molecule has 1 amide bonds. The van der Waals surface area contributed by atoms with Gasteiger partial charge in [0.25, 0.3) is 0 Å². The molecule has 7 heteroatoms. The summed E-state index contributed by atoms with van der Waals surface area (Å²) in [6.45, 7) is 3.06. The van der Waals surface area contributed by atoms with Crippen molar-refractivity contribution >= 4 is 17.7 Å². The summed E-state index contributed by atoms with van der Waals surface area (Å²) in [5.41, 5.74) is 0. The predicted molar refractivity (Wildman–Crippen MR) is 88.1 cm³/mol. The van der Waals surface area contributed by atoms with E-state index in [4.69, 9.17) is 9.47 Å². The van der Waals surface area contributed by atoms with Gasteiger partial charge in [0, 0.05) is 42.6 Å². The maximum absolute atomic E-state index is 11.9. The van der Waals surface area contributed by atoms with Gasteiger partial charge in [-0.2, -0.15) is 0 Å². The zero-order valence-electron chi connectivity index (χ0n) is 12.9. The van der Waals surface area contributed by atoms with Crippen LogP contribution in [-0.4, -0.2) is 55.7 Å². The molecule has 1 saturated heterocycles. The first-order valence-electron chi connectivity index (χ1n) is 7.90. The number of aliphatic hydroxyl groups excluding tert-OH is 1. The third-order valence-corrected chi connectivity index (χ3v) is 4.97. The van der Waals surface area contributed by atoms with Gasteiger partial charge in [-0.15, -0.1) is 11.8 Å². The van der Waals surface area contributed by atoms with Crippen LogP contribution in [0.1, 0.15) is 6.42 Å². The van der Waals surface area contributed by atoms with E-state index < -0.39 is 0 Å². The molecule has 1 aromatic carbocycles. The summed E-state index contributed by atoms with van der Waals surface area (Å²) in [7, 11) is 0. The minimum Gasteiger partial charge on any atom is -0.486 e. The average molecular weight is 338 g/mol. The summed E-state index contributed by atoms with van der Waals surface area (Å²) in [6, 6.07) is 5.85. The molecule has 3 rings (SSSR count). The zero-order valence-corrected chi connectivity index (χ0v) is 13.7. The van der Waals surface area contributed by atoms with Crippen molar-refractivity contribution in [1.82, 2.24) is 10.6 Å². The van der Waals surface area contributed by atoms with Crippen LogP contribution in [0, 0.1) is 5.92 Å².